The van der Waals surface area contributed by atoms with Gasteiger partial charge in [0.15, 0.2) is 5.78 Å². The molecule has 2 saturated heterocycles. The second-order valence-electron chi connectivity index (χ2n) is 6.99. The van der Waals surface area contributed by atoms with E-state index in [4.69, 9.17) is 4.74 Å². The normalized spacial score (nSPS) is 38.9. The van der Waals surface area contributed by atoms with E-state index in [2.05, 4.69) is 0 Å². The van der Waals surface area contributed by atoms with Crippen molar-refractivity contribution in [1.29, 1.82) is 0 Å². The number of carbonyl (C=O) groups is 2. The molecule has 0 unspecified atom stereocenters. The van der Waals surface area contributed by atoms with Gasteiger partial charge in [-0.15, -0.1) is 0 Å². The predicted molar refractivity (Wildman–Crippen MR) is 73.3 cm³/mol. The molecule has 1 aliphatic carbocycles. The highest BCUT2D eigenvalue weighted by Crippen LogP contribution is 2.54. The van der Waals surface area contributed by atoms with Crippen LogP contribution in [0.5, 0.6) is 0 Å². The van der Waals surface area contributed by atoms with E-state index in [-0.39, 0.29) is 17.8 Å². The molecular formula is C16H22O4. The van der Waals surface area contributed by atoms with Gasteiger partial charge in [0.25, 0.3) is 0 Å². The summed E-state index contributed by atoms with van der Waals surface area (Å²) in [6, 6.07) is 0. The van der Waals surface area contributed by atoms with Crippen LogP contribution in [0.1, 0.15) is 52.4 Å². The summed E-state index contributed by atoms with van der Waals surface area (Å²) in [4.78, 5) is 24.0. The lowest BCUT2D eigenvalue weighted by Gasteiger charge is -2.33. The molecule has 0 spiro atoms. The van der Waals surface area contributed by atoms with E-state index in [1.54, 1.807) is 0 Å². The summed E-state index contributed by atoms with van der Waals surface area (Å²) < 4.78 is 6.05. The van der Waals surface area contributed by atoms with E-state index >= 15 is 0 Å². The van der Waals surface area contributed by atoms with Gasteiger partial charge in [0, 0.05) is 5.57 Å². The average molecular weight is 278 g/mol. The molecule has 3 rings (SSSR count). The van der Waals surface area contributed by atoms with Gasteiger partial charge in [0.2, 0.25) is 0 Å². The molecule has 1 N–H and O–H groups in total. The smallest absolute Gasteiger partial charge is 0.331 e. The molecule has 2 bridgehead atoms. The molecule has 0 radical (unpaired) electrons. The van der Waals surface area contributed by atoms with E-state index < -0.39 is 17.0 Å². The Kier molecular flexibility index (Phi) is 3.05. The summed E-state index contributed by atoms with van der Waals surface area (Å²) in [7, 11) is 0. The Bertz CT molecular complexity index is 491. The van der Waals surface area contributed by atoms with Gasteiger partial charge in [-0.2, -0.15) is 0 Å². The third kappa shape index (κ3) is 1.85. The van der Waals surface area contributed by atoms with Crippen molar-refractivity contribution in [1.82, 2.24) is 0 Å². The molecule has 20 heavy (non-hydrogen) atoms. The van der Waals surface area contributed by atoms with Crippen LogP contribution < -0.4 is 0 Å². The Hall–Kier alpha value is -1.16. The molecule has 3 aliphatic rings. The van der Waals surface area contributed by atoms with E-state index in [9.17, 15) is 14.7 Å². The molecule has 2 aliphatic heterocycles. The zero-order valence-electron chi connectivity index (χ0n) is 12.1. The van der Waals surface area contributed by atoms with Gasteiger partial charge < -0.3 is 9.84 Å². The first-order chi connectivity index (χ1) is 9.37. The van der Waals surface area contributed by atoms with Crippen LogP contribution in [0, 0.1) is 11.3 Å². The zero-order valence-corrected chi connectivity index (χ0v) is 12.1. The lowest BCUT2D eigenvalue weighted by molar-refractivity contribution is -0.137. The number of Topliss-reactive ketones (excluding diaryl/α,β-unsaturated/α-hetero) is 1. The molecule has 0 aromatic carbocycles. The second kappa shape index (κ2) is 4.42. The Labute approximate surface area is 119 Å². The fourth-order valence-corrected chi connectivity index (χ4v) is 4.22. The minimum atomic E-state index is -0.842. The summed E-state index contributed by atoms with van der Waals surface area (Å²) >= 11 is 0. The number of ether oxygens (including phenoxy) is 1. The van der Waals surface area contributed by atoms with Crippen LogP contribution >= 0.6 is 0 Å². The fraction of sp³-hybridized carbons (Fsp3) is 0.750. The average Bonchev–Trinajstić information content (AvgIpc) is 2.89. The highest BCUT2D eigenvalue weighted by Gasteiger charge is 2.63. The Morgan fingerprint density at radius 2 is 2.20 bits per heavy atom. The topological polar surface area (TPSA) is 63.6 Å². The number of carboxylic acids is 1. The summed E-state index contributed by atoms with van der Waals surface area (Å²) in [6.07, 6.45) is 6.72. The van der Waals surface area contributed by atoms with Gasteiger partial charge in [0.05, 0.1) is 11.5 Å². The van der Waals surface area contributed by atoms with Crippen LogP contribution in [0.2, 0.25) is 0 Å². The number of hydrogen-bond donors (Lipinski definition) is 1. The maximum atomic E-state index is 12.7. The van der Waals surface area contributed by atoms with Crippen LogP contribution in [0.4, 0.5) is 0 Å². The first-order valence-electron chi connectivity index (χ1n) is 7.53. The number of hydrogen-bond acceptors (Lipinski definition) is 3. The van der Waals surface area contributed by atoms with Crippen LogP contribution in [0.3, 0.4) is 0 Å². The third-order valence-corrected chi connectivity index (χ3v) is 5.37. The van der Waals surface area contributed by atoms with E-state index in [0.717, 1.165) is 32.1 Å². The van der Waals surface area contributed by atoms with Gasteiger partial charge in [-0.1, -0.05) is 19.9 Å². The summed E-state index contributed by atoms with van der Waals surface area (Å²) in [5.74, 6) is -0.709. The van der Waals surface area contributed by atoms with Crippen molar-refractivity contribution in [3.63, 3.8) is 0 Å². The van der Waals surface area contributed by atoms with Crippen molar-refractivity contribution < 1.29 is 19.4 Å². The molecule has 0 aromatic rings. The first-order valence-corrected chi connectivity index (χ1v) is 7.53. The lowest BCUT2D eigenvalue weighted by atomic mass is 9.67. The number of carboxylic acid groups (broad SMARTS) is 1. The van der Waals surface area contributed by atoms with Crippen molar-refractivity contribution in [2.75, 3.05) is 0 Å². The molecule has 4 nitrogen and oxygen atoms in total. The van der Waals surface area contributed by atoms with Crippen LogP contribution in [0.15, 0.2) is 11.6 Å². The molecule has 110 valence electrons. The van der Waals surface area contributed by atoms with Gasteiger partial charge >= 0.3 is 5.97 Å². The highest BCUT2D eigenvalue weighted by molar-refractivity contribution is 5.96. The van der Waals surface area contributed by atoms with Crippen LogP contribution in [-0.2, 0) is 14.3 Å². The minimum absolute atomic E-state index is 0.0100. The number of allylic oxidation sites excluding steroid dienone is 1. The van der Waals surface area contributed by atoms with Gasteiger partial charge in [-0.3, -0.25) is 4.79 Å². The number of fused-ring (bicyclic) bond motifs is 2. The minimum Gasteiger partial charge on any atom is -0.478 e. The molecule has 0 saturated carbocycles. The largest absolute Gasteiger partial charge is 0.478 e. The molecule has 4 heteroatoms. The van der Waals surface area contributed by atoms with Crippen molar-refractivity contribution in [3.05, 3.63) is 11.6 Å². The molecule has 2 heterocycles. The van der Waals surface area contributed by atoms with E-state index in [1.807, 2.05) is 19.9 Å². The van der Waals surface area contributed by atoms with E-state index in [1.165, 1.54) is 0 Å². The monoisotopic (exact) mass is 278 g/mol. The summed E-state index contributed by atoms with van der Waals surface area (Å²) in [5.41, 5.74) is -0.653. The third-order valence-electron chi connectivity index (χ3n) is 5.37. The first kappa shape index (κ1) is 13.8. The number of aliphatic carboxylic acids is 1. The van der Waals surface area contributed by atoms with Gasteiger partial charge in [-0.05, 0) is 44.4 Å². The number of ketones is 1. The van der Waals surface area contributed by atoms with Crippen molar-refractivity contribution in [2.45, 2.75) is 64.1 Å². The quantitative estimate of drug-likeness (QED) is 0.862. The SMILES string of the molecule is CC1(C)C(=O)[C@@]2(C[C@@H]3CCCC=C3C(=O)O)CC[C@@H]1O2. The summed E-state index contributed by atoms with van der Waals surface area (Å²) in [5, 5.41) is 9.32. The van der Waals surface area contributed by atoms with Gasteiger partial charge in [-0.25, -0.2) is 4.79 Å². The fourth-order valence-electron chi connectivity index (χ4n) is 4.22. The van der Waals surface area contributed by atoms with E-state index in [0.29, 0.717) is 12.0 Å². The molecule has 0 aromatic heterocycles. The van der Waals surface area contributed by atoms with Gasteiger partial charge in [0.1, 0.15) is 5.60 Å². The maximum Gasteiger partial charge on any atom is 0.331 e. The maximum absolute atomic E-state index is 12.7. The number of carbonyl (C=O) groups excluding carboxylic acids is 1. The molecule has 0 amide bonds. The molecule has 3 atom stereocenters. The number of rotatable bonds is 3. The van der Waals surface area contributed by atoms with Crippen LogP contribution in [0.25, 0.3) is 0 Å². The standard InChI is InChI=1S/C16H22O4/c1-15(2)12-7-8-16(20-12,14(15)19)9-10-5-3-4-6-11(10)13(17)18/h6,10,12H,3-5,7-9H2,1-2H3,(H,17,18)/t10-,12-,16-/m0/s1. The van der Waals surface area contributed by atoms with Crippen molar-refractivity contribution >= 4 is 11.8 Å². The Morgan fingerprint density at radius 1 is 1.45 bits per heavy atom. The Balaban J connectivity index is 1.84. The highest BCUT2D eigenvalue weighted by atomic mass is 16.5. The predicted octanol–water partition coefficient (Wildman–Crippen LogP) is 2.71. The second-order valence-corrected chi connectivity index (χ2v) is 6.99. The molecule has 2 fully saturated rings. The lowest BCUT2D eigenvalue weighted by Crippen LogP contribution is -2.44. The Morgan fingerprint density at radius 3 is 2.80 bits per heavy atom. The zero-order chi connectivity index (χ0) is 14.5. The van der Waals surface area contributed by atoms with Crippen molar-refractivity contribution in [2.24, 2.45) is 11.3 Å². The van der Waals surface area contributed by atoms with Crippen molar-refractivity contribution in [3.8, 4) is 0 Å². The molecular weight excluding hydrogens is 256 g/mol. The summed E-state index contributed by atoms with van der Waals surface area (Å²) in [6.45, 7) is 3.91. The van der Waals surface area contributed by atoms with Crippen LogP contribution in [-0.4, -0.2) is 28.6 Å².